The second-order valence-electron chi connectivity index (χ2n) is 12.6. The Labute approximate surface area is 244 Å². The molecule has 1 N–H and O–H groups in total. The fraction of sp³-hybridized carbons (Fsp3) is 0.867. The van der Waals surface area contributed by atoms with Crippen molar-refractivity contribution in [2.45, 2.75) is 116 Å². The molecule has 2 saturated carbocycles. The van der Waals surface area contributed by atoms with Crippen LogP contribution >= 0.6 is 0 Å². The molecule has 4 bridgehead atoms. The zero-order valence-electron chi connectivity index (χ0n) is 25.2. The van der Waals surface area contributed by atoms with Gasteiger partial charge < -0.3 is 14.2 Å². The Morgan fingerprint density at radius 1 is 0.732 bits per heavy atom. The van der Waals surface area contributed by atoms with Gasteiger partial charge in [-0.3, -0.25) is 23.7 Å². The smallest absolute Gasteiger partial charge is 0.309 e. The lowest BCUT2D eigenvalue weighted by Crippen LogP contribution is -2.45. The number of hydrogen-bond donors (Lipinski definition) is 1. The van der Waals surface area contributed by atoms with E-state index in [4.69, 9.17) is 14.2 Å². The molecule has 4 fully saturated rings. The first-order valence-electron chi connectivity index (χ1n) is 15.2. The molecular formula is C30H48O10S. The highest BCUT2D eigenvalue weighted by atomic mass is 32.2. The summed E-state index contributed by atoms with van der Waals surface area (Å²) in [5.74, 6) is -5.27. The first kappa shape index (κ1) is 33.6. The van der Waals surface area contributed by atoms with Crippen LogP contribution in [0.4, 0.5) is 0 Å². The Hall–Kier alpha value is -1.85. The Balaban J connectivity index is 1.98. The summed E-state index contributed by atoms with van der Waals surface area (Å²) in [6, 6.07) is 0. The molecule has 11 heteroatoms. The van der Waals surface area contributed by atoms with Crippen LogP contribution in [-0.4, -0.2) is 66.6 Å². The summed E-state index contributed by atoms with van der Waals surface area (Å²) < 4.78 is 51.9. The summed E-state index contributed by atoms with van der Waals surface area (Å²) in [6.45, 7) is 11.0. The van der Waals surface area contributed by atoms with Crippen molar-refractivity contribution in [3.8, 4) is 0 Å². The number of rotatable bonds is 4. The van der Waals surface area contributed by atoms with E-state index in [0.717, 1.165) is 0 Å². The minimum Gasteiger partial charge on any atom is -0.462 e. The fourth-order valence-electron chi connectivity index (χ4n) is 6.75. The zero-order chi connectivity index (χ0) is 30.6. The topological polar surface area (TPSA) is 150 Å². The maximum Gasteiger partial charge on any atom is 0.309 e. The summed E-state index contributed by atoms with van der Waals surface area (Å²) in [5, 5.41) is -1.29. The van der Waals surface area contributed by atoms with Crippen LogP contribution in [0.2, 0.25) is 0 Å². The van der Waals surface area contributed by atoms with E-state index in [-0.39, 0.29) is 54.6 Å². The molecule has 0 aromatic carbocycles. The molecule has 10 nitrogen and oxygen atoms in total. The molecule has 4 aliphatic rings. The van der Waals surface area contributed by atoms with E-state index >= 15 is 0 Å². The van der Waals surface area contributed by atoms with E-state index in [9.17, 15) is 32.1 Å². The van der Waals surface area contributed by atoms with Crippen LogP contribution in [-0.2, 0) is 43.5 Å². The normalized spacial score (nSPS) is 40.2. The van der Waals surface area contributed by atoms with E-state index < -0.39 is 63.3 Å². The zero-order valence-corrected chi connectivity index (χ0v) is 26.1. The minimum absolute atomic E-state index is 0.00721. The second-order valence-corrected chi connectivity index (χ2v) is 14.3. The third-order valence-electron chi connectivity index (χ3n) is 9.77. The monoisotopic (exact) mass is 600 g/mol. The molecule has 41 heavy (non-hydrogen) atoms. The van der Waals surface area contributed by atoms with Gasteiger partial charge in [-0.05, 0) is 65.2 Å². The predicted octanol–water partition coefficient (Wildman–Crippen LogP) is 4.18. The van der Waals surface area contributed by atoms with Gasteiger partial charge in [0.25, 0.3) is 10.1 Å². The number of Topliss-reactive ketones (excluding diaryl/α,β-unsaturated/α-hetero) is 2. The molecule has 0 spiro atoms. The van der Waals surface area contributed by atoms with Gasteiger partial charge in [0.05, 0.1) is 23.2 Å². The van der Waals surface area contributed by atoms with Crippen molar-refractivity contribution in [2.75, 3.05) is 6.61 Å². The Kier molecular flexibility index (Phi) is 11.6. The number of hydrogen-bond acceptors (Lipinski definition) is 9. The van der Waals surface area contributed by atoms with Crippen molar-refractivity contribution in [2.24, 2.45) is 41.4 Å². The number of esters is 2. The highest BCUT2D eigenvalue weighted by Crippen LogP contribution is 2.39. The quantitative estimate of drug-likeness (QED) is 0.368. The van der Waals surface area contributed by atoms with Gasteiger partial charge in [-0.2, -0.15) is 8.42 Å². The summed E-state index contributed by atoms with van der Waals surface area (Å²) in [5.41, 5.74) is 0. The Bertz CT molecular complexity index is 1060. The van der Waals surface area contributed by atoms with Gasteiger partial charge in [0.2, 0.25) is 0 Å². The van der Waals surface area contributed by atoms with Crippen molar-refractivity contribution in [1.29, 1.82) is 0 Å². The van der Waals surface area contributed by atoms with E-state index in [1.807, 2.05) is 13.8 Å². The first-order chi connectivity index (χ1) is 19.1. The summed E-state index contributed by atoms with van der Waals surface area (Å²) in [6.07, 6.45) is 0.726. The maximum atomic E-state index is 13.9. The highest BCUT2D eigenvalue weighted by Gasteiger charge is 2.46. The fourth-order valence-corrected chi connectivity index (χ4v) is 7.70. The first-order valence-corrected chi connectivity index (χ1v) is 16.7. The van der Waals surface area contributed by atoms with Gasteiger partial charge in [-0.15, -0.1) is 0 Å². The predicted molar refractivity (Wildman–Crippen MR) is 150 cm³/mol. The summed E-state index contributed by atoms with van der Waals surface area (Å²) in [4.78, 5) is 53.7. The van der Waals surface area contributed by atoms with Crippen molar-refractivity contribution in [3.63, 3.8) is 0 Å². The average Bonchev–Trinajstić information content (AvgIpc) is 2.94. The summed E-state index contributed by atoms with van der Waals surface area (Å²) in [7, 11) is -4.53. The number of carbonyl (C=O) groups is 4. The lowest BCUT2D eigenvalue weighted by molar-refractivity contribution is -0.166. The van der Waals surface area contributed by atoms with Crippen LogP contribution in [0.1, 0.15) is 92.9 Å². The molecule has 9 atom stereocenters. The Morgan fingerprint density at radius 2 is 1.20 bits per heavy atom. The molecule has 2 aliphatic carbocycles. The van der Waals surface area contributed by atoms with Gasteiger partial charge in [0, 0.05) is 36.2 Å². The highest BCUT2D eigenvalue weighted by molar-refractivity contribution is 7.86. The van der Waals surface area contributed by atoms with Gasteiger partial charge in [-0.25, -0.2) is 0 Å². The molecule has 2 heterocycles. The van der Waals surface area contributed by atoms with Crippen LogP contribution in [0.5, 0.6) is 0 Å². The molecule has 9 unspecified atom stereocenters. The van der Waals surface area contributed by atoms with Gasteiger partial charge in [0.1, 0.15) is 23.8 Å². The standard InChI is InChI=1S/C30H48O10S/c1-7-12-38-28-17(3)26(31)21-8-10-22(11-9-21)29(33)39-19(5)16(2)20(6)40-30(34)24-13-23(27(32)18(28)4)14-25(15-24)41(35,36)37/h16-25,28H,7-15H2,1-6H3,(H,35,36,37). The van der Waals surface area contributed by atoms with Crippen molar-refractivity contribution in [3.05, 3.63) is 0 Å². The molecule has 0 radical (unpaired) electrons. The third kappa shape index (κ3) is 8.16. The van der Waals surface area contributed by atoms with Crippen LogP contribution in [0, 0.1) is 41.4 Å². The molecule has 0 aromatic rings. The largest absolute Gasteiger partial charge is 0.462 e. The Morgan fingerprint density at radius 3 is 1.71 bits per heavy atom. The van der Waals surface area contributed by atoms with Crippen LogP contribution in [0.3, 0.4) is 0 Å². The summed E-state index contributed by atoms with van der Waals surface area (Å²) >= 11 is 0. The van der Waals surface area contributed by atoms with Gasteiger partial charge in [0.15, 0.2) is 0 Å². The molecular weight excluding hydrogens is 552 g/mol. The number of ketones is 2. The van der Waals surface area contributed by atoms with Crippen molar-refractivity contribution in [1.82, 2.24) is 0 Å². The average molecular weight is 601 g/mol. The lowest BCUT2D eigenvalue weighted by atomic mass is 9.72. The number of carbonyl (C=O) groups excluding carboxylic acids is 4. The second kappa shape index (κ2) is 14.1. The van der Waals surface area contributed by atoms with Crippen LogP contribution in [0.15, 0.2) is 0 Å². The van der Waals surface area contributed by atoms with E-state index in [1.54, 1.807) is 27.7 Å². The third-order valence-corrected chi connectivity index (χ3v) is 11.0. The van der Waals surface area contributed by atoms with Crippen LogP contribution in [0.25, 0.3) is 0 Å². The van der Waals surface area contributed by atoms with Crippen LogP contribution < -0.4 is 0 Å². The van der Waals surface area contributed by atoms with E-state index in [1.165, 1.54) is 0 Å². The molecule has 2 saturated heterocycles. The maximum absolute atomic E-state index is 13.9. The molecule has 2 aliphatic heterocycles. The minimum atomic E-state index is -4.53. The van der Waals surface area contributed by atoms with E-state index in [0.29, 0.717) is 38.7 Å². The van der Waals surface area contributed by atoms with Gasteiger partial charge in [-0.1, -0.05) is 27.7 Å². The number of fused-ring (bicyclic) bond motifs is 12. The number of ether oxygens (including phenoxy) is 3. The van der Waals surface area contributed by atoms with E-state index in [2.05, 4.69) is 0 Å². The van der Waals surface area contributed by atoms with Crippen molar-refractivity contribution >= 4 is 33.6 Å². The molecule has 0 amide bonds. The molecule has 234 valence electrons. The lowest BCUT2D eigenvalue weighted by Gasteiger charge is -2.36. The van der Waals surface area contributed by atoms with Gasteiger partial charge >= 0.3 is 11.9 Å². The molecule has 0 aromatic heterocycles. The SMILES string of the molecule is CCCOC1C(C)C(=O)C2CCC(CC2)C(=O)OC(C)C(C)C(C)OC(=O)C2CC(CC(S(=O)(=O)O)C2)C(=O)C1C. The molecule has 4 rings (SSSR count). The van der Waals surface area contributed by atoms with Crippen molar-refractivity contribution < 1.29 is 46.4 Å².